The summed E-state index contributed by atoms with van der Waals surface area (Å²) in [6.07, 6.45) is 0. The smallest absolute Gasteiger partial charge is 0.562 e. The van der Waals surface area contributed by atoms with Crippen molar-refractivity contribution in [3.63, 3.8) is 0 Å². The largest absolute Gasteiger partial charge is 1.00 e. The molecule has 0 radical (unpaired) electrons. The third-order valence-corrected chi connectivity index (χ3v) is 0.824. The summed E-state index contributed by atoms with van der Waals surface area (Å²) in [5.41, 5.74) is -0.289. The van der Waals surface area contributed by atoms with Crippen molar-refractivity contribution in [2.45, 2.75) is 0 Å². The molecule has 1 aromatic heterocycles. The first-order chi connectivity index (χ1) is 3.70. The molecular weight excluding hydrogens is 147 g/mol. The second kappa shape index (κ2) is 3.57. The van der Waals surface area contributed by atoms with Gasteiger partial charge in [-0.2, -0.15) is 0 Å². The maximum atomic E-state index is 10.4. The Bertz CT molecular complexity index is 239. The average Bonchev–Trinajstić information content (AvgIpc) is 1.85. The molecule has 0 bridgehead atoms. The van der Waals surface area contributed by atoms with Gasteiger partial charge in [0.2, 0.25) is 5.56 Å². The van der Waals surface area contributed by atoms with Crippen LogP contribution in [0.2, 0.25) is 0 Å². The van der Waals surface area contributed by atoms with E-state index in [1.807, 2.05) is 0 Å². The van der Waals surface area contributed by atoms with Crippen molar-refractivity contribution in [3.05, 3.63) is 16.4 Å². The summed E-state index contributed by atoms with van der Waals surface area (Å²) >= 11 is 0. The number of rotatable bonds is 0. The molecule has 4 nitrogen and oxygen atoms in total. The molecule has 0 unspecified atom stereocenters. The molecule has 0 amide bonds. The molecule has 5 heteroatoms. The predicted octanol–water partition coefficient (Wildman–Crippen LogP) is -3.95. The van der Waals surface area contributed by atoms with E-state index >= 15 is 0 Å². The zero-order valence-corrected chi connectivity index (χ0v) is 8.45. The SMILES string of the molecule is Cn1[n-]c(O)cc1=O.[K+]. The van der Waals surface area contributed by atoms with Crippen LogP contribution < -0.4 is 62.0 Å². The fourth-order valence-electron chi connectivity index (χ4n) is 0.436. The van der Waals surface area contributed by atoms with E-state index in [4.69, 9.17) is 5.11 Å². The average molecular weight is 152 g/mol. The Labute approximate surface area is 94.3 Å². The Kier molecular flexibility index (Phi) is 3.75. The topological polar surface area (TPSA) is 56.3 Å². The standard InChI is InChI=1S/C4H6N2O2.K/c1-6-4(8)2-3(7)5-6;/h2H,1H3,(H2,5,7,8);/q;+1/p-1. The van der Waals surface area contributed by atoms with Gasteiger partial charge in [0.25, 0.3) is 0 Å². The summed E-state index contributed by atoms with van der Waals surface area (Å²) in [6, 6.07) is 1.06. The quantitative estimate of drug-likeness (QED) is 0.386. The number of hydrogen-bond donors (Lipinski definition) is 1. The van der Waals surface area contributed by atoms with Crippen LogP contribution >= 0.6 is 0 Å². The summed E-state index contributed by atoms with van der Waals surface area (Å²) in [5.74, 6) is -0.225. The third-order valence-electron chi connectivity index (χ3n) is 0.824. The van der Waals surface area contributed by atoms with E-state index in [0.717, 1.165) is 10.7 Å². The number of nitrogens with zero attached hydrogens (tertiary/aromatic N) is 2. The van der Waals surface area contributed by atoms with Gasteiger partial charge in [0.1, 0.15) is 0 Å². The maximum Gasteiger partial charge on any atom is 1.00 e. The van der Waals surface area contributed by atoms with E-state index in [9.17, 15) is 4.79 Å². The number of hydrogen-bond acceptors (Lipinski definition) is 2. The van der Waals surface area contributed by atoms with E-state index in [-0.39, 0.29) is 62.8 Å². The Morgan fingerprint density at radius 2 is 2.33 bits per heavy atom. The van der Waals surface area contributed by atoms with Gasteiger partial charge in [-0.15, -0.1) is 0 Å². The Hall–Kier alpha value is 0.446. The monoisotopic (exact) mass is 152 g/mol. The molecule has 1 heterocycles. The van der Waals surface area contributed by atoms with Gasteiger partial charge in [-0.05, 0) is 7.05 Å². The van der Waals surface area contributed by atoms with Crippen molar-refractivity contribution in [2.75, 3.05) is 0 Å². The predicted molar refractivity (Wildman–Crippen MR) is 26.7 cm³/mol. The fraction of sp³-hybridized carbons (Fsp3) is 0.250. The number of aromatic nitrogens is 2. The summed E-state index contributed by atoms with van der Waals surface area (Å²) in [4.78, 5) is 10.4. The van der Waals surface area contributed by atoms with Crippen LogP contribution in [0.15, 0.2) is 10.9 Å². The molecule has 9 heavy (non-hydrogen) atoms. The van der Waals surface area contributed by atoms with Crippen molar-refractivity contribution >= 4 is 0 Å². The van der Waals surface area contributed by atoms with Gasteiger partial charge < -0.3 is 14.9 Å². The van der Waals surface area contributed by atoms with Crippen LogP contribution in [0.4, 0.5) is 0 Å². The molecule has 1 aromatic rings. The first kappa shape index (κ1) is 9.45. The first-order valence-corrected chi connectivity index (χ1v) is 2.10. The minimum atomic E-state index is -0.289. The Morgan fingerprint density at radius 1 is 1.78 bits per heavy atom. The molecule has 1 N–H and O–H groups in total. The van der Waals surface area contributed by atoms with Crippen molar-refractivity contribution in [1.82, 2.24) is 9.78 Å². The zero-order chi connectivity index (χ0) is 6.15. The molecule has 0 aliphatic rings. The molecule has 0 fully saturated rings. The summed E-state index contributed by atoms with van der Waals surface area (Å²) in [7, 11) is 1.47. The van der Waals surface area contributed by atoms with Crippen molar-refractivity contribution in [3.8, 4) is 5.88 Å². The van der Waals surface area contributed by atoms with Crippen molar-refractivity contribution in [2.24, 2.45) is 7.05 Å². The minimum absolute atomic E-state index is 0. The minimum Gasteiger partial charge on any atom is -0.562 e. The van der Waals surface area contributed by atoms with E-state index in [2.05, 4.69) is 5.10 Å². The molecule has 1 rings (SSSR count). The molecule has 0 saturated heterocycles. The zero-order valence-electron chi connectivity index (χ0n) is 5.33. The maximum absolute atomic E-state index is 10.4. The summed E-state index contributed by atoms with van der Waals surface area (Å²) in [5, 5.41) is 11.9. The van der Waals surface area contributed by atoms with E-state index in [0.29, 0.717) is 0 Å². The van der Waals surface area contributed by atoms with Crippen molar-refractivity contribution in [1.29, 1.82) is 0 Å². The molecule has 44 valence electrons. The number of aryl methyl sites for hydroxylation is 1. The van der Waals surface area contributed by atoms with Crippen molar-refractivity contribution < 1.29 is 56.5 Å². The van der Waals surface area contributed by atoms with Gasteiger partial charge in [0.15, 0.2) is 0 Å². The van der Waals surface area contributed by atoms with E-state index < -0.39 is 0 Å². The Balaban J connectivity index is 0.000000640. The second-order valence-electron chi connectivity index (χ2n) is 1.46. The van der Waals surface area contributed by atoms with E-state index in [1.165, 1.54) is 7.05 Å². The summed E-state index contributed by atoms with van der Waals surface area (Å²) < 4.78 is 1.06. The van der Waals surface area contributed by atoms with Crippen LogP contribution in [0.1, 0.15) is 0 Å². The molecule has 0 atom stereocenters. The van der Waals surface area contributed by atoms with E-state index in [1.54, 1.807) is 0 Å². The van der Waals surface area contributed by atoms with Crippen LogP contribution in [0, 0.1) is 0 Å². The Morgan fingerprint density at radius 3 is 2.44 bits per heavy atom. The normalized spacial score (nSPS) is 8.56. The van der Waals surface area contributed by atoms with Gasteiger partial charge in [0.05, 0.1) is 0 Å². The molecule has 0 aliphatic carbocycles. The van der Waals surface area contributed by atoms with Gasteiger partial charge in [-0.25, -0.2) is 0 Å². The summed E-state index contributed by atoms with van der Waals surface area (Å²) in [6.45, 7) is 0. The van der Waals surface area contributed by atoms with Crippen LogP contribution in [0.5, 0.6) is 5.88 Å². The molecule has 0 aliphatic heterocycles. The molecular formula is C4H5KN2O2. The number of aromatic hydroxyl groups is 1. The van der Waals surface area contributed by atoms with Crippen LogP contribution in [0.3, 0.4) is 0 Å². The van der Waals surface area contributed by atoms with Crippen LogP contribution in [-0.2, 0) is 7.05 Å². The molecule has 0 saturated carbocycles. The fourth-order valence-corrected chi connectivity index (χ4v) is 0.436. The first-order valence-electron chi connectivity index (χ1n) is 2.10. The van der Waals surface area contributed by atoms with Gasteiger partial charge in [-0.3, -0.25) is 4.79 Å². The van der Waals surface area contributed by atoms with Gasteiger partial charge in [-0.1, -0.05) is 0 Å². The van der Waals surface area contributed by atoms with Gasteiger partial charge in [0, 0.05) is 11.9 Å². The third kappa shape index (κ3) is 2.27. The second-order valence-corrected chi connectivity index (χ2v) is 1.46. The van der Waals surface area contributed by atoms with Crippen LogP contribution in [-0.4, -0.2) is 9.79 Å². The van der Waals surface area contributed by atoms with Gasteiger partial charge >= 0.3 is 51.4 Å². The van der Waals surface area contributed by atoms with Crippen LogP contribution in [0.25, 0.3) is 0 Å². The molecule has 0 aromatic carbocycles. The molecule has 0 spiro atoms.